The van der Waals surface area contributed by atoms with Gasteiger partial charge in [-0.25, -0.2) is 13.1 Å². The van der Waals surface area contributed by atoms with Gasteiger partial charge < -0.3 is 14.8 Å². The van der Waals surface area contributed by atoms with Crippen molar-refractivity contribution >= 4 is 10.0 Å². The van der Waals surface area contributed by atoms with E-state index in [1.165, 1.54) is 12.3 Å². The van der Waals surface area contributed by atoms with Crippen LogP contribution in [0.25, 0.3) is 0 Å². The number of hydrogen-bond donors (Lipinski definition) is 3. The van der Waals surface area contributed by atoms with Crippen molar-refractivity contribution in [3.05, 3.63) is 48.3 Å². The number of aromatic amines is 1. The van der Waals surface area contributed by atoms with Crippen LogP contribution < -0.4 is 9.46 Å². The smallest absolute Gasteiger partial charge is 0.242 e. The number of rotatable bonds is 7. The second-order valence-electron chi connectivity index (χ2n) is 4.08. The van der Waals surface area contributed by atoms with Gasteiger partial charge >= 0.3 is 0 Å². The van der Waals surface area contributed by atoms with E-state index in [0.717, 1.165) is 0 Å². The van der Waals surface area contributed by atoms with Gasteiger partial charge in [0.05, 0.1) is 11.5 Å². The fraction of sp³-hybridized carbons (Fsp3) is 0.231. The molecule has 0 aliphatic heterocycles. The van der Waals surface area contributed by atoms with Crippen molar-refractivity contribution in [2.45, 2.75) is 11.5 Å². The summed E-state index contributed by atoms with van der Waals surface area (Å²) >= 11 is 0. The highest BCUT2D eigenvalue weighted by molar-refractivity contribution is 7.89. The molecule has 108 valence electrons. The van der Waals surface area contributed by atoms with Gasteiger partial charge in [-0.1, -0.05) is 18.2 Å². The van der Waals surface area contributed by atoms with E-state index >= 15 is 0 Å². The lowest BCUT2D eigenvalue weighted by Crippen LogP contribution is -2.28. The Morgan fingerprint density at radius 2 is 2.00 bits per heavy atom. The number of sulfonamides is 1. The Labute approximate surface area is 117 Å². The maximum Gasteiger partial charge on any atom is 0.242 e. The quantitative estimate of drug-likeness (QED) is 0.661. The minimum absolute atomic E-state index is 0.0984. The van der Waals surface area contributed by atoms with Gasteiger partial charge in [-0.2, -0.15) is 0 Å². The van der Waals surface area contributed by atoms with Gasteiger partial charge in [-0.3, -0.25) is 0 Å². The number of H-pyrrole nitrogens is 1. The second kappa shape index (κ2) is 6.56. The van der Waals surface area contributed by atoms with Crippen LogP contribution in [-0.2, 0) is 16.6 Å². The van der Waals surface area contributed by atoms with Crippen LogP contribution in [0.15, 0.2) is 47.5 Å². The Kier molecular flexibility index (Phi) is 4.78. The number of aromatic nitrogens is 1. The van der Waals surface area contributed by atoms with Crippen LogP contribution >= 0.6 is 0 Å². The van der Waals surface area contributed by atoms with Crippen LogP contribution in [0.2, 0.25) is 0 Å². The zero-order valence-corrected chi connectivity index (χ0v) is 11.6. The van der Waals surface area contributed by atoms with E-state index in [4.69, 9.17) is 9.84 Å². The maximum absolute atomic E-state index is 11.9. The summed E-state index contributed by atoms with van der Waals surface area (Å²) in [6.07, 6.45) is 1.34. The Morgan fingerprint density at radius 1 is 1.25 bits per heavy atom. The lowest BCUT2D eigenvalue weighted by atomic mass is 10.3. The normalized spacial score (nSPS) is 11.4. The van der Waals surface area contributed by atoms with Gasteiger partial charge in [0.2, 0.25) is 10.0 Å². The molecule has 7 heteroatoms. The highest BCUT2D eigenvalue weighted by Crippen LogP contribution is 2.11. The first kappa shape index (κ1) is 14.6. The average Bonchev–Trinajstić information content (AvgIpc) is 2.95. The molecule has 0 spiro atoms. The number of aliphatic hydroxyl groups is 1. The summed E-state index contributed by atoms with van der Waals surface area (Å²) in [5, 5.41) is 8.89. The minimum atomic E-state index is -3.58. The first-order chi connectivity index (χ1) is 9.62. The Morgan fingerprint density at radius 3 is 2.65 bits per heavy atom. The van der Waals surface area contributed by atoms with E-state index in [0.29, 0.717) is 11.4 Å². The molecule has 2 aromatic rings. The highest BCUT2D eigenvalue weighted by atomic mass is 32.2. The summed E-state index contributed by atoms with van der Waals surface area (Å²) < 4.78 is 31.6. The van der Waals surface area contributed by atoms with Crippen LogP contribution in [0.5, 0.6) is 5.75 Å². The van der Waals surface area contributed by atoms with E-state index in [9.17, 15) is 8.42 Å². The zero-order valence-electron chi connectivity index (χ0n) is 10.7. The topological polar surface area (TPSA) is 91.4 Å². The highest BCUT2D eigenvalue weighted by Gasteiger charge is 2.15. The Balaban J connectivity index is 1.84. The largest absolute Gasteiger partial charge is 0.492 e. The molecule has 2 rings (SSSR count). The standard InChI is InChI=1S/C13H16N2O4S/c16-10-11-8-13(9-14-11)20(17,18)15-6-7-19-12-4-2-1-3-5-12/h1-5,8-9,14-16H,6-7,10H2. The molecule has 1 aromatic heterocycles. The van der Waals surface area contributed by atoms with Crippen LogP contribution in [0.3, 0.4) is 0 Å². The molecule has 0 unspecified atom stereocenters. The number of hydrogen-bond acceptors (Lipinski definition) is 4. The summed E-state index contributed by atoms with van der Waals surface area (Å²) in [5.74, 6) is 0.691. The van der Waals surface area contributed by atoms with Crippen LogP contribution in [0, 0.1) is 0 Å². The van der Waals surface area contributed by atoms with Crippen molar-refractivity contribution in [3.8, 4) is 5.75 Å². The van der Waals surface area contributed by atoms with Crippen molar-refractivity contribution in [3.63, 3.8) is 0 Å². The first-order valence-electron chi connectivity index (χ1n) is 6.07. The van der Waals surface area contributed by atoms with E-state index in [1.807, 2.05) is 18.2 Å². The molecule has 1 aromatic carbocycles. The Bertz CT molecular complexity index is 637. The van der Waals surface area contributed by atoms with E-state index in [-0.39, 0.29) is 24.7 Å². The molecule has 0 amide bonds. The zero-order chi connectivity index (χ0) is 14.4. The number of aliphatic hydroxyl groups excluding tert-OH is 1. The number of ether oxygens (including phenoxy) is 1. The SMILES string of the molecule is O=S(=O)(NCCOc1ccccc1)c1c[nH]c(CO)c1. The molecule has 0 atom stereocenters. The van der Waals surface area contributed by atoms with E-state index in [2.05, 4.69) is 9.71 Å². The molecule has 3 N–H and O–H groups in total. The third-order valence-electron chi connectivity index (χ3n) is 2.60. The van der Waals surface area contributed by atoms with Crippen LogP contribution in [0.4, 0.5) is 0 Å². The lowest BCUT2D eigenvalue weighted by Gasteiger charge is -2.07. The fourth-order valence-corrected chi connectivity index (χ4v) is 2.64. The van der Waals surface area contributed by atoms with Crippen molar-refractivity contribution < 1.29 is 18.3 Å². The summed E-state index contributed by atoms with van der Waals surface area (Å²) in [5.41, 5.74) is 0.450. The fourth-order valence-electron chi connectivity index (χ4n) is 1.61. The van der Waals surface area contributed by atoms with Crippen molar-refractivity contribution in [2.24, 2.45) is 0 Å². The van der Waals surface area contributed by atoms with Crippen LogP contribution in [-0.4, -0.2) is 31.7 Å². The first-order valence-corrected chi connectivity index (χ1v) is 7.56. The van der Waals surface area contributed by atoms with Gasteiger partial charge in [-0.15, -0.1) is 0 Å². The number of benzene rings is 1. The monoisotopic (exact) mass is 296 g/mol. The predicted molar refractivity (Wildman–Crippen MR) is 73.8 cm³/mol. The van der Waals surface area contributed by atoms with Crippen LogP contribution in [0.1, 0.15) is 5.69 Å². The maximum atomic E-state index is 11.9. The van der Waals surface area contributed by atoms with Gasteiger partial charge in [0.15, 0.2) is 0 Å². The molecule has 20 heavy (non-hydrogen) atoms. The molecule has 0 aliphatic rings. The average molecular weight is 296 g/mol. The van der Waals surface area contributed by atoms with Gasteiger partial charge in [-0.05, 0) is 18.2 Å². The van der Waals surface area contributed by atoms with Gasteiger partial charge in [0.1, 0.15) is 12.4 Å². The van der Waals surface area contributed by atoms with Gasteiger partial charge in [0, 0.05) is 18.4 Å². The molecular weight excluding hydrogens is 280 g/mol. The number of para-hydroxylation sites is 1. The minimum Gasteiger partial charge on any atom is -0.492 e. The molecule has 6 nitrogen and oxygen atoms in total. The third kappa shape index (κ3) is 3.83. The molecule has 0 aliphatic carbocycles. The summed E-state index contributed by atoms with van der Waals surface area (Å²) in [7, 11) is -3.58. The molecule has 0 fully saturated rings. The van der Waals surface area contributed by atoms with Crippen molar-refractivity contribution in [1.82, 2.24) is 9.71 Å². The van der Waals surface area contributed by atoms with E-state index < -0.39 is 10.0 Å². The van der Waals surface area contributed by atoms with Crippen molar-refractivity contribution in [1.29, 1.82) is 0 Å². The predicted octanol–water partition coefficient (Wildman–Crippen LogP) is 0.864. The van der Waals surface area contributed by atoms with Gasteiger partial charge in [0.25, 0.3) is 0 Å². The molecule has 0 saturated heterocycles. The molecule has 1 heterocycles. The van der Waals surface area contributed by atoms with E-state index in [1.54, 1.807) is 12.1 Å². The summed E-state index contributed by atoms with van der Waals surface area (Å²) in [6, 6.07) is 10.6. The molecule has 0 bridgehead atoms. The molecular formula is C13H16N2O4S. The molecule has 0 saturated carbocycles. The molecule has 0 radical (unpaired) electrons. The summed E-state index contributed by atoms with van der Waals surface area (Å²) in [4.78, 5) is 2.78. The lowest BCUT2D eigenvalue weighted by molar-refractivity contribution is 0.277. The van der Waals surface area contributed by atoms with Crippen molar-refractivity contribution in [2.75, 3.05) is 13.2 Å². The second-order valence-corrected chi connectivity index (χ2v) is 5.84. The Hall–Kier alpha value is -1.83. The third-order valence-corrected chi connectivity index (χ3v) is 4.04. The summed E-state index contributed by atoms with van der Waals surface area (Å²) in [6.45, 7) is 0.171. The number of nitrogens with one attached hydrogen (secondary N) is 2.